The molecule has 8 nitrogen and oxygen atoms in total. The summed E-state index contributed by atoms with van der Waals surface area (Å²) in [5, 5.41) is 9.52. The first-order valence-corrected chi connectivity index (χ1v) is 12.8. The van der Waals surface area contributed by atoms with E-state index in [1.807, 2.05) is 10.6 Å². The number of fused-ring (bicyclic) bond motifs is 3. The van der Waals surface area contributed by atoms with Gasteiger partial charge in [0.15, 0.2) is 16.9 Å². The smallest absolute Gasteiger partial charge is 0.341 e. The molecule has 1 unspecified atom stereocenters. The van der Waals surface area contributed by atoms with Crippen molar-refractivity contribution in [3.63, 3.8) is 0 Å². The number of benzene rings is 1. The average molecular weight is 498 g/mol. The fourth-order valence-corrected chi connectivity index (χ4v) is 5.20. The summed E-state index contributed by atoms with van der Waals surface area (Å²) < 4.78 is 19.0. The van der Waals surface area contributed by atoms with Crippen LogP contribution in [-0.4, -0.2) is 41.9 Å². The van der Waals surface area contributed by atoms with E-state index in [0.29, 0.717) is 43.2 Å². The number of carboxylic acids is 1. The van der Waals surface area contributed by atoms with Crippen molar-refractivity contribution in [3.05, 3.63) is 45.7 Å². The number of nitrogens with zero attached hydrogens (tertiary/aromatic N) is 1. The Balaban J connectivity index is 1.77. The molecule has 1 aromatic carbocycles. The molecule has 1 aromatic heterocycles. The predicted molar refractivity (Wildman–Crippen MR) is 135 cm³/mol. The van der Waals surface area contributed by atoms with Crippen LogP contribution in [0.1, 0.15) is 74.3 Å². The lowest BCUT2D eigenvalue weighted by atomic mass is 9.87. The third-order valence-electron chi connectivity index (χ3n) is 7.21. The van der Waals surface area contributed by atoms with Crippen LogP contribution < -0.4 is 14.9 Å². The number of esters is 1. The molecule has 4 rings (SSSR count). The Hall–Kier alpha value is -3.13. The Bertz CT molecular complexity index is 1180. The molecular weight excluding hydrogens is 462 g/mol. The monoisotopic (exact) mass is 497 g/mol. The van der Waals surface area contributed by atoms with Crippen molar-refractivity contribution in [2.45, 2.75) is 64.8 Å². The van der Waals surface area contributed by atoms with Gasteiger partial charge >= 0.3 is 11.9 Å². The minimum atomic E-state index is -1.24. The molecule has 2 heterocycles. The van der Waals surface area contributed by atoms with Crippen molar-refractivity contribution < 1.29 is 28.9 Å². The number of rotatable bonds is 9. The van der Waals surface area contributed by atoms with Crippen molar-refractivity contribution in [1.29, 1.82) is 0 Å². The van der Waals surface area contributed by atoms with Crippen LogP contribution >= 0.6 is 0 Å². The standard InChI is InChI=1S/C28H35NO7/c1-17(2)22-12-19-13-25(35-11-7-10-34-3)26(36-28(33)18-8-5-4-6-9-18)14-20(19)23-15-24(30)21(27(31)32)16-29(22)23/h13-18,22H,4-12H2,1-3H3,(H,31,32). The molecule has 1 fully saturated rings. The van der Waals surface area contributed by atoms with Crippen LogP contribution in [0.15, 0.2) is 29.2 Å². The van der Waals surface area contributed by atoms with E-state index in [2.05, 4.69) is 13.8 Å². The molecule has 0 amide bonds. The molecule has 1 aliphatic heterocycles. The Kier molecular flexibility index (Phi) is 8.14. The number of carbonyl (C=O) groups is 2. The van der Waals surface area contributed by atoms with E-state index in [9.17, 15) is 19.5 Å². The first-order chi connectivity index (χ1) is 17.3. The number of hydrogen-bond donors (Lipinski definition) is 1. The Morgan fingerprint density at radius 2 is 1.83 bits per heavy atom. The molecule has 36 heavy (non-hydrogen) atoms. The van der Waals surface area contributed by atoms with Crippen LogP contribution in [0.25, 0.3) is 11.3 Å². The van der Waals surface area contributed by atoms with Gasteiger partial charge in [-0.1, -0.05) is 33.1 Å². The van der Waals surface area contributed by atoms with Gasteiger partial charge in [0, 0.05) is 44.0 Å². The van der Waals surface area contributed by atoms with Crippen molar-refractivity contribution in [2.75, 3.05) is 20.3 Å². The van der Waals surface area contributed by atoms with Crippen LogP contribution in [0, 0.1) is 11.8 Å². The van der Waals surface area contributed by atoms with Gasteiger partial charge in [0.1, 0.15) is 5.56 Å². The summed E-state index contributed by atoms with van der Waals surface area (Å²) in [6, 6.07) is 5.01. The summed E-state index contributed by atoms with van der Waals surface area (Å²) in [5.41, 5.74) is 1.53. The maximum Gasteiger partial charge on any atom is 0.341 e. The molecule has 0 saturated heterocycles. The molecule has 0 bridgehead atoms. The molecule has 0 spiro atoms. The molecule has 194 valence electrons. The molecule has 1 N–H and O–H groups in total. The van der Waals surface area contributed by atoms with Gasteiger partial charge in [0.05, 0.1) is 18.2 Å². The highest BCUT2D eigenvalue weighted by atomic mass is 16.6. The summed E-state index contributed by atoms with van der Waals surface area (Å²) >= 11 is 0. The Labute approximate surface area is 211 Å². The predicted octanol–water partition coefficient (Wildman–Crippen LogP) is 4.87. The van der Waals surface area contributed by atoms with Crippen LogP contribution in [-0.2, 0) is 16.0 Å². The lowest BCUT2D eigenvalue weighted by Crippen LogP contribution is -2.28. The van der Waals surface area contributed by atoms with Crippen LogP contribution in [0.3, 0.4) is 0 Å². The molecule has 1 saturated carbocycles. The first-order valence-electron chi connectivity index (χ1n) is 12.8. The van der Waals surface area contributed by atoms with E-state index in [0.717, 1.165) is 43.2 Å². The van der Waals surface area contributed by atoms with E-state index in [1.54, 1.807) is 13.2 Å². The van der Waals surface area contributed by atoms with E-state index >= 15 is 0 Å². The number of hydrogen-bond acceptors (Lipinski definition) is 6. The van der Waals surface area contributed by atoms with Crippen molar-refractivity contribution in [2.24, 2.45) is 11.8 Å². The van der Waals surface area contributed by atoms with Gasteiger partial charge in [-0.25, -0.2) is 4.79 Å². The quantitative estimate of drug-likeness (QED) is 0.299. The lowest BCUT2D eigenvalue weighted by molar-refractivity contribution is -0.140. The lowest BCUT2D eigenvalue weighted by Gasteiger charge is -2.34. The van der Waals surface area contributed by atoms with Gasteiger partial charge in [0.25, 0.3) is 0 Å². The Morgan fingerprint density at radius 1 is 1.08 bits per heavy atom. The highest BCUT2D eigenvalue weighted by molar-refractivity contribution is 5.88. The highest BCUT2D eigenvalue weighted by Crippen LogP contribution is 2.43. The normalized spacial score (nSPS) is 17.4. The van der Waals surface area contributed by atoms with E-state index < -0.39 is 11.4 Å². The van der Waals surface area contributed by atoms with Crippen molar-refractivity contribution in [3.8, 4) is 22.8 Å². The van der Waals surface area contributed by atoms with Gasteiger partial charge < -0.3 is 23.9 Å². The number of carbonyl (C=O) groups excluding carboxylic acids is 1. The second kappa shape index (κ2) is 11.3. The third kappa shape index (κ3) is 5.48. The minimum Gasteiger partial charge on any atom is -0.490 e. The second-order valence-electron chi connectivity index (χ2n) is 10.1. The minimum absolute atomic E-state index is 0.0387. The summed E-state index contributed by atoms with van der Waals surface area (Å²) in [4.78, 5) is 37.3. The average Bonchev–Trinajstić information content (AvgIpc) is 2.86. The molecule has 2 aromatic rings. The Morgan fingerprint density at radius 3 is 2.50 bits per heavy atom. The summed E-state index contributed by atoms with van der Waals surface area (Å²) in [6.45, 7) is 5.10. The van der Waals surface area contributed by atoms with Gasteiger partial charge in [-0.15, -0.1) is 0 Å². The molecule has 1 aliphatic carbocycles. The van der Waals surface area contributed by atoms with E-state index in [1.165, 1.54) is 12.3 Å². The molecule has 2 aliphatic rings. The number of aromatic carboxylic acids is 1. The van der Waals surface area contributed by atoms with Gasteiger partial charge in [-0.2, -0.15) is 0 Å². The highest BCUT2D eigenvalue weighted by Gasteiger charge is 2.31. The van der Waals surface area contributed by atoms with E-state index in [4.69, 9.17) is 14.2 Å². The van der Waals surface area contributed by atoms with Crippen LogP contribution in [0.5, 0.6) is 11.5 Å². The summed E-state index contributed by atoms with van der Waals surface area (Å²) in [6.07, 6.45) is 7.57. The summed E-state index contributed by atoms with van der Waals surface area (Å²) in [5.74, 6) is -0.623. The van der Waals surface area contributed by atoms with Crippen molar-refractivity contribution in [1.82, 2.24) is 4.57 Å². The fourth-order valence-electron chi connectivity index (χ4n) is 5.20. The topological polar surface area (TPSA) is 104 Å². The zero-order valence-corrected chi connectivity index (χ0v) is 21.2. The zero-order chi connectivity index (χ0) is 25.8. The molecule has 1 atom stereocenters. The SMILES string of the molecule is COCCCOc1cc2c(cc1OC(=O)C1CCCCC1)-c1cc(=O)c(C(=O)O)cn1C(C(C)C)C2. The van der Waals surface area contributed by atoms with Crippen LogP contribution in [0.2, 0.25) is 0 Å². The molecule has 8 heteroatoms. The maximum absolute atomic E-state index is 13.0. The summed E-state index contributed by atoms with van der Waals surface area (Å²) in [7, 11) is 1.64. The fraction of sp³-hybridized carbons (Fsp3) is 0.536. The zero-order valence-electron chi connectivity index (χ0n) is 21.2. The van der Waals surface area contributed by atoms with Gasteiger partial charge in [-0.05, 0) is 42.9 Å². The van der Waals surface area contributed by atoms with Gasteiger partial charge in [0.2, 0.25) is 0 Å². The molecular formula is C28H35NO7. The van der Waals surface area contributed by atoms with E-state index in [-0.39, 0.29) is 29.4 Å². The number of aromatic nitrogens is 1. The third-order valence-corrected chi connectivity index (χ3v) is 7.21. The maximum atomic E-state index is 13.0. The number of carboxylic acid groups (broad SMARTS) is 1. The number of methoxy groups -OCH3 is 1. The number of ether oxygens (including phenoxy) is 3. The second-order valence-corrected chi connectivity index (χ2v) is 10.1. The first kappa shape index (κ1) is 25.9. The largest absolute Gasteiger partial charge is 0.490 e. The van der Waals surface area contributed by atoms with Gasteiger partial charge in [-0.3, -0.25) is 9.59 Å². The van der Waals surface area contributed by atoms with Crippen molar-refractivity contribution >= 4 is 11.9 Å². The molecule has 0 radical (unpaired) electrons. The number of pyridine rings is 1. The van der Waals surface area contributed by atoms with Crippen LogP contribution in [0.4, 0.5) is 0 Å².